The Bertz CT molecular complexity index is 345. The minimum atomic E-state index is 0.0313. The summed E-state index contributed by atoms with van der Waals surface area (Å²) in [6.45, 7) is 2.96. The molecule has 1 aliphatic heterocycles. The number of halogens is 1. The molecule has 3 nitrogen and oxygen atoms in total. The van der Waals surface area contributed by atoms with Crippen LogP contribution in [0.25, 0.3) is 0 Å². The average molecular weight is 243 g/mol. The molecule has 0 unspecified atom stereocenters. The van der Waals surface area contributed by atoms with Crippen molar-refractivity contribution in [2.75, 3.05) is 0 Å². The molecule has 0 fully saturated rings. The second-order valence-corrected chi connectivity index (χ2v) is 4.19. The standard InChI is InChI=1S/C9H11BrN2O/c1-2-7-5-12-4-6(10)3-8(12)9(13)11-7/h3-4,7H,2,5H2,1H3,(H,11,13)/t7-/m0/s1. The molecule has 0 radical (unpaired) electrons. The van der Waals surface area contributed by atoms with Crippen LogP contribution in [-0.2, 0) is 6.54 Å². The van der Waals surface area contributed by atoms with Gasteiger partial charge in [-0.15, -0.1) is 0 Å². The summed E-state index contributed by atoms with van der Waals surface area (Å²) in [6.07, 6.45) is 2.93. The SMILES string of the molecule is CC[C@H]1Cn2cc(Br)cc2C(=O)N1. The molecule has 1 amide bonds. The molecule has 2 rings (SSSR count). The summed E-state index contributed by atoms with van der Waals surface area (Å²) in [5.41, 5.74) is 0.747. The summed E-state index contributed by atoms with van der Waals surface area (Å²) in [6, 6.07) is 2.13. The van der Waals surface area contributed by atoms with Crippen molar-refractivity contribution in [3.63, 3.8) is 0 Å². The zero-order valence-electron chi connectivity index (χ0n) is 7.38. The van der Waals surface area contributed by atoms with Gasteiger partial charge in [-0.1, -0.05) is 6.92 Å². The second-order valence-electron chi connectivity index (χ2n) is 3.27. The first-order chi connectivity index (χ1) is 6.20. The normalized spacial score (nSPS) is 21.1. The fraction of sp³-hybridized carbons (Fsp3) is 0.444. The van der Waals surface area contributed by atoms with E-state index in [0.717, 1.165) is 23.1 Å². The molecule has 0 saturated carbocycles. The van der Waals surface area contributed by atoms with Gasteiger partial charge in [0.1, 0.15) is 5.69 Å². The maximum absolute atomic E-state index is 11.5. The number of hydrogen-bond donors (Lipinski definition) is 1. The molecule has 70 valence electrons. The van der Waals surface area contributed by atoms with Gasteiger partial charge >= 0.3 is 0 Å². The van der Waals surface area contributed by atoms with Gasteiger partial charge in [-0.05, 0) is 28.4 Å². The van der Waals surface area contributed by atoms with Gasteiger partial charge in [-0.3, -0.25) is 4.79 Å². The van der Waals surface area contributed by atoms with E-state index in [2.05, 4.69) is 28.2 Å². The summed E-state index contributed by atoms with van der Waals surface area (Å²) in [5, 5.41) is 2.95. The number of hydrogen-bond acceptors (Lipinski definition) is 1. The molecule has 1 aromatic heterocycles. The Balaban J connectivity index is 2.36. The second kappa shape index (κ2) is 3.18. The molecule has 0 spiro atoms. The van der Waals surface area contributed by atoms with Crippen molar-refractivity contribution in [2.24, 2.45) is 0 Å². The summed E-state index contributed by atoms with van der Waals surface area (Å²) >= 11 is 3.36. The van der Waals surface area contributed by atoms with Crippen LogP contribution in [0.3, 0.4) is 0 Å². The van der Waals surface area contributed by atoms with Gasteiger partial charge in [-0.25, -0.2) is 0 Å². The summed E-state index contributed by atoms with van der Waals surface area (Å²) < 4.78 is 2.96. The number of carbonyl (C=O) groups is 1. The third-order valence-electron chi connectivity index (χ3n) is 2.34. The molecule has 1 aromatic rings. The van der Waals surface area contributed by atoms with E-state index in [4.69, 9.17) is 0 Å². The van der Waals surface area contributed by atoms with Crippen molar-refractivity contribution in [3.8, 4) is 0 Å². The molecule has 1 aliphatic rings. The van der Waals surface area contributed by atoms with Crippen molar-refractivity contribution in [1.82, 2.24) is 9.88 Å². The van der Waals surface area contributed by atoms with Crippen molar-refractivity contribution < 1.29 is 4.79 Å². The van der Waals surface area contributed by atoms with Crippen molar-refractivity contribution in [3.05, 3.63) is 22.4 Å². The third-order valence-corrected chi connectivity index (χ3v) is 2.77. The Kier molecular flexibility index (Phi) is 2.15. The van der Waals surface area contributed by atoms with Crippen LogP contribution in [0.15, 0.2) is 16.7 Å². The summed E-state index contributed by atoms with van der Waals surface area (Å²) in [5.74, 6) is 0.0313. The number of nitrogens with zero attached hydrogens (tertiary/aromatic N) is 1. The fourth-order valence-corrected chi connectivity index (χ4v) is 2.05. The molecule has 1 atom stereocenters. The maximum Gasteiger partial charge on any atom is 0.268 e. The molecule has 1 N–H and O–H groups in total. The van der Waals surface area contributed by atoms with Crippen LogP contribution in [0, 0.1) is 0 Å². The first kappa shape index (κ1) is 8.81. The zero-order chi connectivity index (χ0) is 9.42. The minimum absolute atomic E-state index is 0.0313. The Morgan fingerprint density at radius 2 is 2.54 bits per heavy atom. The highest BCUT2D eigenvalue weighted by Gasteiger charge is 2.22. The number of aromatic nitrogens is 1. The first-order valence-electron chi connectivity index (χ1n) is 4.37. The van der Waals surface area contributed by atoms with Gasteiger partial charge in [-0.2, -0.15) is 0 Å². The lowest BCUT2D eigenvalue weighted by Gasteiger charge is -2.24. The van der Waals surface area contributed by atoms with Crippen molar-refractivity contribution >= 4 is 21.8 Å². The smallest absolute Gasteiger partial charge is 0.268 e. The highest BCUT2D eigenvalue weighted by molar-refractivity contribution is 9.10. The van der Waals surface area contributed by atoms with Crippen LogP contribution >= 0.6 is 15.9 Å². The number of rotatable bonds is 1. The molecule has 2 heterocycles. The first-order valence-corrected chi connectivity index (χ1v) is 5.16. The van der Waals surface area contributed by atoms with E-state index in [1.807, 2.05) is 16.8 Å². The molecule has 13 heavy (non-hydrogen) atoms. The Labute approximate surface area is 85.2 Å². The fourth-order valence-electron chi connectivity index (χ4n) is 1.59. The Morgan fingerprint density at radius 3 is 3.23 bits per heavy atom. The quantitative estimate of drug-likeness (QED) is 0.801. The van der Waals surface area contributed by atoms with E-state index >= 15 is 0 Å². The zero-order valence-corrected chi connectivity index (χ0v) is 8.97. The number of nitrogens with one attached hydrogen (secondary N) is 1. The van der Waals surface area contributed by atoms with Crippen LogP contribution in [0.1, 0.15) is 23.8 Å². The van der Waals surface area contributed by atoms with E-state index in [-0.39, 0.29) is 11.9 Å². The molecule has 4 heteroatoms. The van der Waals surface area contributed by atoms with Gasteiger partial charge in [0.25, 0.3) is 5.91 Å². The molecular formula is C9H11BrN2O. The number of carbonyl (C=O) groups excluding carboxylic acids is 1. The number of fused-ring (bicyclic) bond motifs is 1. The van der Waals surface area contributed by atoms with Crippen LogP contribution in [-0.4, -0.2) is 16.5 Å². The van der Waals surface area contributed by atoms with Crippen LogP contribution in [0.4, 0.5) is 0 Å². The highest BCUT2D eigenvalue weighted by atomic mass is 79.9. The van der Waals surface area contributed by atoms with E-state index < -0.39 is 0 Å². The summed E-state index contributed by atoms with van der Waals surface area (Å²) in [4.78, 5) is 11.5. The molecule has 0 aliphatic carbocycles. The van der Waals surface area contributed by atoms with E-state index in [0.29, 0.717) is 0 Å². The van der Waals surface area contributed by atoms with E-state index in [1.54, 1.807) is 0 Å². The van der Waals surface area contributed by atoms with Gasteiger partial charge < -0.3 is 9.88 Å². The third kappa shape index (κ3) is 1.50. The Morgan fingerprint density at radius 1 is 1.77 bits per heavy atom. The van der Waals surface area contributed by atoms with Gasteiger partial charge in [0.05, 0.1) is 0 Å². The van der Waals surface area contributed by atoms with Crippen molar-refractivity contribution in [1.29, 1.82) is 0 Å². The molecule has 0 saturated heterocycles. The topological polar surface area (TPSA) is 34.0 Å². The van der Waals surface area contributed by atoms with Gasteiger partial charge in [0, 0.05) is 23.3 Å². The summed E-state index contributed by atoms with van der Waals surface area (Å²) in [7, 11) is 0. The molecular weight excluding hydrogens is 232 g/mol. The van der Waals surface area contributed by atoms with Gasteiger partial charge in [0.15, 0.2) is 0 Å². The van der Waals surface area contributed by atoms with E-state index in [9.17, 15) is 4.79 Å². The lowest BCUT2D eigenvalue weighted by molar-refractivity contribution is 0.0899. The molecule has 0 bridgehead atoms. The maximum atomic E-state index is 11.5. The van der Waals surface area contributed by atoms with E-state index in [1.165, 1.54) is 0 Å². The predicted octanol–water partition coefficient (Wildman–Crippen LogP) is 1.77. The molecule has 0 aromatic carbocycles. The van der Waals surface area contributed by atoms with Crippen LogP contribution in [0.5, 0.6) is 0 Å². The predicted molar refractivity (Wildman–Crippen MR) is 53.7 cm³/mol. The largest absolute Gasteiger partial charge is 0.346 e. The van der Waals surface area contributed by atoms with Crippen molar-refractivity contribution in [2.45, 2.75) is 25.9 Å². The monoisotopic (exact) mass is 242 g/mol. The lowest BCUT2D eigenvalue weighted by atomic mass is 10.2. The van der Waals surface area contributed by atoms with Gasteiger partial charge in [0.2, 0.25) is 0 Å². The Hall–Kier alpha value is -0.770. The average Bonchev–Trinajstić information content (AvgIpc) is 2.46. The van der Waals surface area contributed by atoms with Crippen LogP contribution in [0.2, 0.25) is 0 Å². The minimum Gasteiger partial charge on any atom is -0.346 e. The number of amides is 1. The van der Waals surface area contributed by atoms with Crippen LogP contribution < -0.4 is 5.32 Å². The lowest BCUT2D eigenvalue weighted by Crippen LogP contribution is -2.43. The highest BCUT2D eigenvalue weighted by Crippen LogP contribution is 2.18.